The van der Waals surface area contributed by atoms with E-state index in [0.29, 0.717) is 11.1 Å². The molecule has 0 unspecified atom stereocenters. The minimum atomic E-state index is -0.942. The molecule has 0 aliphatic rings. The van der Waals surface area contributed by atoms with Gasteiger partial charge in [0.25, 0.3) is 5.91 Å². The Morgan fingerprint density at radius 2 is 1.81 bits per heavy atom. The van der Waals surface area contributed by atoms with Gasteiger partial charge >= 0.3 is 0 Å². The zero-order valence-corrected chi connectivity index (χ0v) is 19.7. The van der Waals surface area contributed by atoms with Gasteiger partial charge in [0.1, 0.15) is 0 Å². The predicted octanol–water partition coefficient (Wildman–Crippen LogP) is 6.49. The number of benzene rings is 3. The molecule has 0 spiro atoms. The number of aromatic nitrogens is 3. The summed E-state index contributed by atoms with van der Waals surface area (Å²) < 4.78 is 26.6. The molecule has 0 radical (unpaired) electrons. The quantitative estimate of drug-likeness (QED) is 0.269. The van der Waals surface area contributed by atoms with Gasteiger partial charge in [0.05, 0.1) is 22.5 Å². The molecule has 36 heavy (non-hydrogen) atoms. The van der Waals surface area contributed by atoms with E-state index >= 15 is 0 Å². The van der Waals surface area contributed by atoms with Crippen LogP contribution in [-0.4, -0.2) is 21.1 Å². The number of H-pyrrole nitrogens is 1. The Bertz CT molecular complexity index is 1570. The molecule has 5 nitrogen and oxygen atoms in total. The lowest BCUT2D eigenvalue weighted by Gasteiger charge is -2.10. The van der Waals surface area contributed by atoms with Crippen LogP contribution < -0.4 is 5.32 Å². The molecule has 3 aromatic carbocycles. The van der Waals surface area contributed by atoms with Crippen LogP contribution in [0.1, 0.15) is 27.3 Å². The molecule has 0 aliphatic carbocycles. The number of fused-ring (bicyclic) bond motifs is 1. The molecule has 0 fully saturated rings. The van der Waals surface area contributed by atoms with E-state index in [1.807, 2.05) is 60.7 Å². The lowest BCUT2D eigenvalue weighted by Crippen LogP contribution is -2.23. The third kappa shape index (κ3) is 5.34. The summed E-state index contributed by atoms with van der Waals surface area (Å²) in [6.07, 6.45) is 5.57. The number of aromatic amines is 1. The molecular weight excluding hydrogens is 478 g/mol. The maximum absolute atomic E-state index is 13.5. The number of rotatable bonds is 7. The lowest BCUT2D eigenvalue weighted by atomic mass is 10.2. The first kappa shape index (κ1) is 23.4. The standard InChI is InChI=1S/C28H20F2N4OS/c29-23-12-8-18(15-24(23)30)17-32-28(35)22-6-1-2-7-27(22)36-20-10-11-21-25(33-34-26(21)16-20)13-9-19-5-3-4-14-31-19/h1-16H,17H2,(H,32,35)(H,33,34)/b13-9+. The molecular formula is C28H20F2N4OS. The van der Waals surface area contributed by atoms with Crippen LogP contribution in [0.25, 0.3) is 23.1 Å². The van der Waals surface area contributed by atoms with Gasteiger partial charge in [-0.05, 0) is 72.3 Å². The third-order valence-electron chi connectivity index (χ3n) is 5.46. The van der Waals surface area contributed by atoms with Crippen molar-refractivity contribution in [2.45, 2.75) is 16.3 Å². The Morgan fingerprint density at radius 3 is 2.64 bits per heavy atom. The van der Waals surface area contributed by atoms with Crippen LogP contribution >= 0.6 is 11.8 Å². The molecule has 0 atom stereocenters. The van der Waals surface area contributed by atoms with Crippen LogP contribution in [-0.2, 0) is 6.54 Å². The molecule has 0 aliphatic heterocycles. The molecule has 1 amide bonds. The number of hydrogen-bond donors (Lipinski definition) is 2. The summed E-state index contributed by atoms with van der Waals surface area (Å²) in [5, 5.41) is 11.2. The number of amides is 1. The number of carbonyl (C=O) groups excluding carboxylic acids is 1. The van der Waals surface area contributed by atoms with E-state index in [9.17, 15) is 13.6 Å². The smallest absolute Gasteiger partial charge is 0.252 e. The van der Waals surface area contributed by atoms with Crippen molar-refractivity contribution in [3.63, 3.8) is 0 Å². The van der Waals surface area contributed by atoms with Crippen LogP contribution in [0.15, 0.2) is 94.9 Å². The fraction of sp³-hybridized carbons (Fsp3) is 0.0357. The zero-order chi connectivity index (χ0) is 24.9. The molecule has 0 bridgehead atoms. The van der Waals surface area contributed by atoms with Gasteiger partial charge < -0.3 is 5.32 Å². The van der Waals surface area contributed by atoms with Crippen molar-refractivity contribution in [3.8, 4) is 0 Å². The first-order valence-electron chi connectivity index (χ1n) is 11.1. The van der Waals surface area contributed by atoms with E-state index in [2.05, 4.69) is 20.5 Å². The summed E-state index contributed by atoms with van der Waals surface area (Å²) in [5.41, 5.74) is 3.50. The highest BCUT2D eigenvalue weighted by Crippen LogP contribution is 2.33. The molecule has 2 aromatic heterocycles. The van der Waals surface area contributed by atoms with E-state index in [1.165, 1.54) is 17.8 Å². The number of pyridine rings is 1. The Balaban J connectivity index is 1.31. The average Bonchev–Trinajstić information content (AvgIpc) is 3.31. The minimum Gasteiger partial charge on any atom is -0.348 e. The van der Waals surface area contributed by atoms with Gasteiger partial charge in [-0.25, -0.2) is 8.78 Å². The fourth-order valence-electron chi connectivity index (χ4n) is 3.65. The minimum absolute atomic E-state index is 0.0872. The zero-order valence-electron chi connectivity index (χ0n) is 18.9. The first-order chi connectivity index (χ1) is 17.6. The van der Waals surface area contributed by atoms with Crippen molar-refractivity contribution in [3.05, 3.63) is 119 Å². The Hall–Kier alpha value is -4.30. The predicted molar refractivity (Wildman–Crippen MR) is 137 cm³/mol. The summed E-state index contributed by atoms with van der Waals surface area (Å²) in [6, 6.07) is 22.5. The Morgan fingerprint density at radius 1 is 0.944 bits per heavy atom. The molecule has 5 rings (SSSR count). The summed E-state index contributed by atoms with van der Waals surface area (Å²) in [4.78, 5) is 18.9. The van der Waals surface area contributed by atoms with E-state index < -0.39 is 11.6 Å². The van der Waals surface area contributed by atoms with Crippen molar-refractivity contribution in [2.75, 3.05) is 0 Å². The third-order valence-corrected chi connectivity index (χ3v) is 6.53. The molecule has 2 N–H and O–H groups in total. The maximum Gasteiger partial charge on any atom is 0.252 e. The summed E-state index contributed by atoms with van der Waals surface area (Å²) >= 11 is 1.46. The molecule has 2 heterocycles. The van der Waals surface area contributed by atoms with Crippen molar-refractivity contribution in [1.29, 1.82) is 0 Å². The SMILES string of the molecule is O=C(NCc1ccc(F)c(F)c1)c1ccccc1Sc1ccc2c(/C=C/c3ccccn3)n[nH]c2c1. The molecule has 0 saturated carbocycles. The van der Waals surface area contributed by atoms with Crippen LogP contribution in [0.5, 0.6) is 0 Å². The van der Waals surface area contributed by atoms with Crippen molar-refractivity contribution < 1.29 is 13.6 Å². The molecule has 178 valence electrons. The molecule has 5 aromatic rings. The largest absolute Gasteiger partial charge is 0.348 e. The first-order valence-corrected chi connectivity index (χ1v) is 11.9. The second-order valence-corrected chi connectivity index (χ2v) is 9.05. The Labute approximate surface area is 210 Å². The number of carbonyl (C=O) groups is 1. The van der Waals surface area contributed by atoms with Gasteiger partial charge in [-0.3, -0.25) is 14.9 Å². The van der Waals surface area contributed by atoms with E-state index in [4.69, 9.17) is 0 Å². The van der Waals surface area contributed by atoms with Gasteiger partial charge in [0.15, 0.2) is 11.6 Å². The van der Waals surface area contributed by atoms with Crippen molar-refractivity contribution in [2.24, 2.45) is 0 Å². The summed E-state index contributed by atoms with van der Waals surface area (Å²) in [7, 11) is 0. The monoisotopic (exact) mass is 498 g/mol. The fourth-order valence-corrected chi connectivity index (χ4v) is 4.63. The van der Waals surface area contributed by atoms with Crippen molar-refractivity contribution >= 4 is 40.7 Å². The number of nitrogens with one attached hydrogen (secondary N) is 2. The van der Waals surface area contributed by atoms with Crippen LogP contribution in [0, 0.1) is 11.6 Å². The normalized spacial score (nSPS) is 11.3. The number of nitrogens with zero attached hydrogens (tertiary/aromatic N) is 2. The topological polar surface area (TPSA) is 70.7 Å². The summed E-state index contributed by atoms with van der Waals surface area (Å²) in [5.74, 6) is -2.16. The average molecular weight is 499 g/mol. The Kier molecular flexibility index (Phi) is 6.86. The van der Waals surface area contributed by atoms with Crippen molar-refractivity contribution in [1.82, 2.24) is 20.5 Å². The van der Waals surface area contributed by atoms with Crippen LogP contribution in [0.3, 0.4) is 0 Å². The van der Waals surface area contributed by atoms with Gasteiger partial charge in [-0.2, -0.15) is 5.10 Å². The number of halogens is 2. The van der Waals surface area contributed by atoms with Gasteiger partial charge in [-0.15, -0.1) is 0 Å². The highest BCUT2D eigenvalue weighted by Gasteiger charge is 2.13. The molecule has 0 saturated heterocycles. The van der Waals surface area contributed by atoms with E-state index in [-0.39, 0.29) is 12.5 Å². The highest BCUT2D eigenvalue weighted by molar-refractivity contribution is 7.99. The van der Waals surface area contributed by atoms with Gasteiger partial charge in [0, 0.05) is 27.9 Å². The molecule has 8 heteroatoms. The maximum atomic E-state index is 13.5. The second-order valence-electron chi connectivity index (χ2n) is 7.93. The second kappa shape index (κ2) is 10.5. The van der Waals surface area contributed by atoms with E-state index in [1.54, 1.807) is 18.3 Å². The highest BCUT2D eigenvalue weighted by atomic mass is 32.2. The van der Waals surface area contributed by atoms with Gasteiger partial charge in [0.2, 0.25) is 0 Å². The van der Waals surface area contributed by atoms with Gasteiger partial charge in [-0.1, -0.05) is 36.0 Å². The summed E-state index contributed by atoms with van der Waals surface area (Å²) in [6.45, 7) is 0.0872. The van der Waals surface area contributed by atoms with E-state index in [0.717, 1.165) is 44.2 Å². The van der Waals surface area contributed by atoms with Crippen LogP contribution in [0.2, 0.25) is 0 Å². The lowest BCUT2D eigenvalue weighted by molar-refractivity contribution is 0.0948. The number of hydrogen-bond acceptors (Lipinski definition) is 4. The van der Waals surface area contributed by atoms with Crippen LogP contribution in [0.4, 0.5) is 8.78 Å².